The second-order valence-corrected chi connectivity index (χ2v) is 4.21. The molecule has 0 radical (unpaired) electrons. The van der Waals surface area contributed by atoms with Gasteiger partial charge in [0, 0.05) is 5.69 Å². The van der Waals surface area contributed by atoms with Gasteiger partial charge in [-0.15, -0.1) is 0 Å². The number of carbonyl (C=O) groups is 1. The number of ether oxygens (including phenoxy) is 2. The van der Waals surface area contributed by atoms with Crippen LogP contribution in [0.2, 0.25) is 0 Å². The fraction of sp³-hybridized carbons (Fsp3) is 0.200. The average molecular weight is 257 g/mol. The minimum absolute atomic E-state index is 0.383. The van der Waals surface area contributed by atoms with Crippen molar-refractivity contribution in [3.05, 3.63) is 53.3 Å². The van der Waals surface area contributed by atoms with Gasteiger partial charge in [-0.2, -0.15) is 0 Å². The number of benzene rings is 1. The van der Waals surface area contributed by atoms with Crippen LogP contribution in [0, 0.1) is 13.8 Å². The molecule has 0 bridgehead atoms. The summed E-state index contributed by atoms with van der Waals surface area (Å²) in [7, 11) is 1.35. The van der Waals surface area contributed by atoms with E-state index in [9.17, 15) is 4.79 Å². The summed E-state index contributed by atoms with van der Waals surface area (Å²) in [6.45, 7) is 3.82. The molecular weight excluding hydrogens is 242 g/mol. The van der Waals surface area contributed by atoms with Gasteiger partial charge in [-0.25, -0.2) is 4.79 Å². The summed E-state index contributed by atoms with van der Waals surface area (Å²) in [5, 5.41) is 0. The van der Waals surface area contributed by atoms with Crippen LogP contribution in [0.15, 0.2) is 36.5 Å². The van der Waals surface area contributed by atoms with Gasteiger partial charge in [0.1, 0.15) is 11.5 Å². The third-order valence-electron chi connectivity index (χ3n) is 2.72. The number of nitrogens with zero attached hydrogens (tertiary/aromatic N) is 1. The summed E-state index contributed by atoms with van der Waals surface area (Å²) < 4.78 is 10.4. The number of carbonyl (C=O) groups excluding carboxylic acids is 1. The molecule has 0 saturated carbocycles. The molecule has 1 aromatic heterocycles. The Hall–Kier alpha value is -2.36. The SMILES string of the molecule is COC(=O)c1ccc(C)c(Oc2ccc(C)nc2)c1. The van der Waals surface area contributed by atoms with E-state index in [1.165, 1.54) is 7.11 Å². The number of hydrogen-bond acceptors (Lipinski definition) is 4. The third-order valence-corrected chi connectivity index (χ3v) is 2.72. The summed E-state index contributed by atoms with van der Waals surface area (Å²) in [5.41, 5.74) is 2.32. The molecule has 0 spiro atoms. The van der Waals surface area contributed by atoms with Crippen LogP contribution < -0.4 is 4.74 Å². The van der Waals surface area contributed by atoms with E-state index in [-0.39, 0.29) is 5.97 Å². The van der Waals surface area contributed by atoms with E-state index < -0.39 is 0 Å². The summed E-state index contributed by atoms with van der Waals surface area (Å²) in [6.07, 6.45) is 1.65. The predicted octanol–water partition coefficient (Wildman–Crippen LogP) is 3.28. The molecule has 2 aromatic rings. The first-order chi connectivity index (χ1) is 9.10. The van der Waals surface area contributed by atoms with E-state index in [0.29, 0.717) is 17.1 Å². The highest BCUT2D eigenvalue weighted by molar-refractivity contribution is 5.89. The second-order valence-electron chi connectivity index (χ2n) is 4.21. The van der Waals surface area contributed by atoms with Crippen LogP contribution in [-0.4, -0.2) is 18.1 Å². The van der Waals surface area contributed by atoms with Crippen LogP contribution >= 0.6 is 0 Å². The van der Waals surface area contributed by atoms with Gasteiger partial charge >= 0.3 is 5.97 Å². The number of esters is 1. The number of rotatable bonds is 3. The zero-order valence-corrected chi connectivity index (χ0v) is 11.1. The zero-order chi connectivity index (χ0) is 13.8. The predicted molar refractivity (Wildman–Crippen MR) is 71.6 cm³/mol. The first kappa shape index (κ1) is 13.1. The highest BCUT2D eigenvalue weighted by Gasteiger charge is 2.09. The largest absolute Gasteiger partial charge is 0.465 e. The van der Waals surface area contributed by atoms with E-state index >= 15 is 0 Å². The van der Waals surface area contributed by atoms with Crippen LogP contribution in [0.3, 0.4) is 0 Å². The molecule has 1 aromatic carbocycles. The first-order valence-corrected chi connectivity index (χ1v) is 5.89. The molecule has 4 nitrogen and oxygen atoms in total. The van der Waals surface area contributed by atoms with E-state index in [2.05, 4.69) is 4.98 Å². The molecule has 0 atom stereocenters. The highest BCUT2D eigenvalue weighted by atomic mass is 16.5. The molecule has 19 heavy (non-hydrogen) atoms. The summed E-state index contributed by atoms with van der Waals surface area (Å²) in [6, 6.07) is 8.91. The van der Waals surface area contributed by atoms with E-state index in [1.807, 2.05) is 32.0 Å². The lowest BCUT2D eigenvalue weighted by molar-refractivity contribution is 0.0600. The zero-order valence-electron chi connectivity index (χ0n) is 11.1. The highest BCUT2D eigenvalue weighted by Crippen LogP contribution is 2.26. The van der Waals surface area contributed by atoms with Gasteiger partial charge in [0.05, 0.1) is 18.9 Å². The fourth-order valence-electron chi connectivity index (χ4n) is 1.60. The van der Waals surface area contributed by atoms with Crippen molar-refractivity contribution in [1.82, 2.24) is 4.98 Å². The van der Waals surface area contributed by atoms with Gasteiger partial charge in [0.25, 0.3) is 0 Å². The molecule has 0 saturated heterocycles. The molecule has 0 fully saturated rings. The topological polar surface area (TPSA) is 48.4 Å². The van der Waals surface area contributed by atoms with Crippen molar-refractivity contribution >= 4 is 5.97 Å². The van der Waals surface area contributed by atoms with Crippen LogP contribution in [0.1, 0.15) is 21.6 Å². The Morgan fingerprint density at radius 1 is 1.16 bits per heavy atom. The number of aromatic nitrogens is 1. The van der Waals surface area contributed by atoms with Crippen molar-refractivity contribution in [2.45, 2.75) is 13.8 Å². The number of aryl methyl sites for hydroxylation is 2. The van der Waals surface area contributed by atoms with Crippen molar-refractivity contribution in [2.24, 2.45) is 0 Å². The van der Waals surface area contributed by atoms with Gasteiger partial charge in [-0.1, -0.05) is 6.07 Å². The number of pyridine rings is 1. The van der Waals surface area contributed by atoms with E-state index in [1.54, 1.807) is 18.3 Å². The Kier molecular flexibility index (Phi) is 3.80. The quantitative estimate of drug-likeness (QED) is 0.792. The molecule has 0 amide bonds. The lowest BCUT2D eigenvalue weighted by atomic mass is 10.1. The third kappa shape index (κ3) is 3.10. The number of methoxy groups -OCH3 is 1. The van der Waals surface area contributed by atoms with Crippen molar-refractivity contribution < 1.29 is 14.3 Å². The van der Waals surface area contributed by atoms with Gasteiger partial charge in [0.2, 0.25) is 0 Å². The van der Waals surface area contributed by atoms with Crippen LogP contribution in [0.5, 0.6) is 11.5 Å². The molecule has 0 aliphatic rings. The standard InChI is InChI=1S/C15H15NO3/c1-10-4-6-12(15(17)18-3)8-14(10)19-13-7-5-11(2)16-9-13/h4-9H,1-3H3. The normalized spacial score (nSPS) is 10.1. The molecule has 0 aliphatic heterocycles. The molecule has 2 rings (SSSR count). The van der Waals surface area contributed by atoms with Crippen molar-refractivity contribution in [3.8, 4) is 11.5 Å². The minimum atomic E-state index is -0.383. The average Bonchev–Trinajstić information content (AvgIpc) is 2.43. The minimum Gasteiger partial charge on any atom is -0.465 e. The van der Waals surface area contributed by atoms with Crippen LogP contribution in [0.4, 0.5) is 0 Å². The number of hydrogen-bond donors (Lipinski definition) is 0. The Balaban J connectivity index is 2.28. The monoisotopic (exact) mass is 257 g/mol. The van der Waals surface area contributed by atoms with E-state index in [0.717, 1.165) is 11.3 Å². The lowest BCUT2D eigenvalue weighted by Crippen LogP contribution is -2.01. The van der Waals surface area contributed by atoms with E-state index in [4.69, 9.17) is 9.47 Å². The molecule has 0 aliphatic carbocycles. The fourth-order valence-corrected chi connectivity index (χ4v) is 1.60. The lowest BCUT2D eigenvalue weighted by Gasteiger charge is -2.10. The molecule has 1 heterocycles. The van der Waals surface area contributed by atoms with Crippen LogP contribution in [-0.2, 0) is 4.74 Å². The summed E-state index contributed by atoms with van der Waals surface area (Å²) >= 11 is 0. The maximum atomic E-state index is 11.5. The first-order valence-electron chi connectivity index (χ1n) is 5.89. The van der Waals surface area contributed by atoms with Crippen molar-refractivity contribution in [3.63, 3.8) is 0 Å². The van der Waals surface area contributed by atoms with Gasteiger partial charge in [0.15, 0.2) is 0 Å². The smallest absolute Gasteiger partial charge is 0.337 e. The summed E-state index contributed by atoms with van der Waals surface area (Å²) in [4.78, 5) is 15.6. The molecule has 0 unspecified atom stereocenters. The Morgan fingerprint density at radius 3 is 2.58 bits per heavy atom. The molecule has 98 valence electrons. The molecule has 0 N–H and O–H groups in total. The maximum Gasteiger partial charge on any atom is 0.337 e. The molecule has 4 heteroatoms. The van der Waals surface area contributed by atoms with Crippen LogP contribution in [0.25, 0.3) is 0 Å². The Morgan fingerprint density at radius 2 is 1.95 bits per heavy atom. The Bertz CT molecular complexity index is 591. The van der Waals surface area contributed by atoms with Gasteiger partial charge in [-0.3, -0.25) is 4.98 Å². The van der Waals surface area contributed by atoms with Crippen molar-refractivity contribution in [1.29, 1.82) is 0 Å². The second kappa shape index (κ2) is 5.52. The van der Waals surface area contributed by atoms with Gasteiger partial charge in [-0.05, 0) is 43.7 Å². The molecular formula is C15H15NO3. The van der Waals surface area contributed by atoms with Crippen molar-refractivity contribution in [2.75, 3.05) is 7.11 Å². The summed E-state index contributed by atoms with van der Waals surface area (Å²) in [5.74, 6) is 0.871. The Labute approximate surface area is 112 Å². The van der Waals surface area contributed by atoms with Gasteiger partial charge < -0.3 is 9.47 Å². The maximum absolute atomic E-state index is 11.5.